The maximum Gasteiger partial charge on any atom is 0.264 e. The van der Waals surface area contributed by atoms with Gasteiger partial charge in [-0.3, -0.25) is 19.4 Å². The number of aryl methyl sites for hydroxylation is 2. The molecule has 3 amide bonds. The monoisotopic (exact) mass is 644 g/mol. The molecule has 1 aliphatic carbocycles. The average molecular weight is 645 g/mol. The van der Waals surface area contributed by atoms with E-state index in [2.05, 4.69) is 16.4 Å². The molecule has 0 unspecified atom stereocenters. The predicted molar refractivity (Wildman–Crippen MR) is 163 cm³/mol. The van der Waals surface area contributed by atoms with Crippen molar-refractivity contribution in [2.45, 2.75) is 51.2 Å². The molecule has 4 atom stereocenters. The Morgan fingerprint density at radius 2 is 1.53 bits per heavy atom. The van der Waals surface area contributed by atoms with Crippen LogP contribution < -0.4 is 4.90 Å². The molecule has 9 nitrogen and oxygen atoms in total. The van der Waals surface area contributed by atoms with Crippen LogP contribution >= 0.6 is 0 Å². The van der Waals surface area contributed by atoms with Gasteiger partial charge in [-0.15, -0.1) is 0 Å². The van der Waals surface area contributed by atoms with E-state index in [-0.39, 0.29) is 16.9 Å². The number of fused-ring (bicyclic) bond motifs is 2. The molecule has 2 fully saturated rings. The Hall–Kier alpha value is -5.20. The van der Waals surface area contributed by atoms with Gasteiger partial charge in [0.25, 0.3) is 17.7 Å². The first-order valence-electron chi connectivity index (χ1n) is 15.2. The molecule has 0 radical (unpaired) electrons. The summed E-state index contributed by atoms with van der Waals surface area (Å²) >= 11 is 0. The molecule has 0 bridgehead atoms. The average Bonchev–Trinajstić information content (AvgIpc) is 3.72. The van der Waals surface area contributed by atoms with E-state index in [1.807, 2.05) is 62.4 Å². The van der Waals surface area contributed by atoms with Crippen LogP contribution in [-0.4, -0.2) is 52.1 Å². The maximum atomic E-state index is 14.6. The zero-order chi connectivity index (χ0) is 33.1. The van der Waals surface area contributed by atoms with Crippen molar-refractivity contribution in [3.63, 3.8) is 0 Å². The van der Waals surface area contributed by atoms with Crippen LogP contribution in [0.1, 0.15) is 47.6 Å². The first-order chi connectivity index (χ1) is 22.5. The minimum absolute atomic E-state index is 0.0221. The van der Waals surface area contributed by atoms with Crippen molar-refractivity contribution in [3.05, 3.63) is 106 Å². The van der Waals surface area contributed by atoms with E-state index in [9.17, 15) is 31.9 Å². The minimum Gasteiger partial charge on any atom is -0.271 e. The van der Waals surface area contributed by atoms with E-state index in [4.69, 9.17) is 5.10 Å². The predicted octanol–water partition coefficient (Wildman–Crippen LogP) is 5.98. The summed E-state index contributed by atoms with van der Waals surface area (Å²) in [6, 6.07) is 12.3. The van der Waals surface area contributed by atoms with Gasteiger partial charge in [0.1, 0.15) is 12.2 Å². The fourth-order valence-electron chi connectivity index (χ4n) is 6.71. The number of hydrogen-bond acceptors (Lipinski definition) is 7. The zero-order valence-electron chi connectivity index (χ0n) is 25.3. The van der Waals surface area contributed by atoms with E-state index in [0.29, 0.717) is 0 Å². The Kier molecular flexibility index (Phi) is 7.48. The third-order valence-corrected chi connectivity index (χ3v) is 9.06. The molecule has 47 heavy (non-hydrogen) atoms. The summed E-state index contributed by atoms with van der Waals surface area (Å²) in [6.45, 7) is 3.42. The van der Waals surface area contributed by atoms with Gasteiger partial charge in [-0.25, -0.2) is 27.5 Å². The summed E-state index contributed by atoms with van der Waals surface area (Å²) in [4.78, 5) is 40.6. The van der Waals surface area contributed by atoms with Crippen LogP contribution in [0.5, 0.6) is 0 Å². The molecule has 3 heterocycles. The third-order valence-electron chi connectivity index (χ3n) is 9.06. The van der Waals surface area contributed by atoms with Gasteiger partial charge in [0.2, 0.25) is 0 Å². The van der Waals surface area contributed by atoms with Gasteiger partial charge in [-0.1, -0.05) is 64.9 Å². The standard InChI is InChI=1S/C34H28F4N6O3/c1-17-6-10-19(11-7-17)14-21-4-3-5-22-28(21)40-44(30(22)20-12-8-18(2)9-13-20)25(45)16-42-32-29(39-41-42)33(46)43(34(32)47)31-26(37)23(35)15-24(36)27(31)38/h6-15,22,29-30,32H,3-5,16H2,1-2H3/b21-14+/t22-,29-,30+,32+/m0/s1. The van der Waals surface area contributed by atoms with Gasteiger partial charge < -0.3 is 0 Å². The fourth-order valence-corrected chi connectivity index (χ4v) is 6.71. The van der Waals surface area contributed by atoms with Gasteiger partial charge in [0.15, 0.2) is 35.4 Å². The molecular weight excluding hydrogens is 616 g/mol. The van der Waals surface area contributed by atoms with Crippen molar-refractivity contribution >= 4 is 35.2 Å². The topological polar surface area (TPSA) is 98.0 Å². The minimum atomic E-state index is -1.91. The number of hydrazone groups is 1. The normalized spacial score (nSPS) is 24.3. The van der Waals surface area contributed by atoms with Crippen molar-refractivity contribution in [2.24, 2.45) is 21.4 Å². The Morgan fingerprint density at radius 3 is 2.19 bits per heavy atom. The molecule has 4 aliphatic rings. The summed E-state index contributed by atoms with van der Waals surface area (Å²) in [5.74, 6) is -10.5. The molecule has 3 aliphatic heterocycles. The van der Waals surface area contributed by atoms with E-state index in [0.717, 1.165) is 57.8 Å². The van der Waals surface area contributed by atoms with Crippen LogP contribution in [0.15, 0.2) is 75.6 Å². The lowest BCUT2D eigenvalue weighted by Crippen LogP contribution is -2.45. The highest BCUT2D eigenvalue weighted by molar-refractivity contribution is 6.25. The van der Waals surface area contributed by atoms with Crippen molar-refractivity contribution in [1.29, 1.82) is 0 Å². The number of benzene rings is 3. The second-order valence-electron chi connectivity index (χ2n) is 12.2. The quantitative estimate of drug-likeness (QED) is 0.194. The Morgan fingerprint density at radius 1 is 0.894 bits per heavy atom. The highest BCUT2D eigenvalue weighted by Crippen LogP contribution is 2.45. The lowest BCUT2D eigenvalue weighted by atomic mass is 9.77. The molecule has 240 valence electrons. The summed E-state index contributed by atoms with van der Waals surface area (Å²) in [7, 11) is 0. The molecule has 3 aromatic carbocycles. The maximum absolute atomic E-state index is 14.6. The highest BCUT2D eigenvalue weighted by Gasteiger charge is 2.57. The number of allylic oxidation sites excluding steroid dienone is 1. The number of carbonyl (C=O) groups is 3. The van der Waals surface area contributed by atoms with Crippen LogP contribution in [0.25, 0.3) is 6.08 Å². The molecule has 7 rings (SSSR count). The third kappa shape index (κ3) is 5.09. The molecular formula is C34H28F4N6O3. The van der Waals surface area contributed by atoms with Crippen molar-refractivity contribution < 1.29 is 31.9 Å². The SMILES string of the molecule is Cc1ccc(/C=C2\CCC[C@H]3C2=NN(C(=O)CN2N=N[C@@H]4C(=O)N(c5c(F)c(F)cc(F)c5F)C(=O)[C@@H]42)[C@@H]3c2ccc(C)cc2)cc1. The Labute approximate surface area is 266 Å². The summed E-state index contributed by atoms with van der Waals surface area (Å²) < 4.78 is 57.2. The van der Waals surface area contributed by atoms with Gasteiger partial charge in [-0.2, -0.15) is 10.2 Å². The second kappa shape index (κ2) is 11.6. The van der Waals surface area contributed by atoms with Crippen molar-refractivity contribution in [1.82, 2.24) is 10.0 Å². The number of amides is 3. The van der Waals surface area contributed by atoms with E-state index >= 15 is 0 Å². The van der Waals surface area contributed by atoms with Crippen LogP contribution in [0, 0.1) is 43.0 Å². The smallest absolute Gasteiger partial charge is 0.264 e. The van der Waals surface area contributed by atoms with E-state index < -0.39 is 71.3 Å². The molecule has 13 heteroatoms. The molecule has 0 aromatic heterocycles. The molecule has 1 saturated carbocycles. The highest BCUT2D eigenvalue weighted by atomic mass is 19.2. The zero-order valence-corrected chi connectivity index (χ0v) is 25.3. The van der Waals surface area contributed by atoms with Crippen LogP contribution in [0.3, 0.4) is 0 Å². The fraction of sp³-hybridized carbons (Fsp3) is 0.294. The summed E-state index contributed by atoms with van der Waals surface area (Å²) in [6.07, 6.45) is 4.52. The Balaban J connectivity index is 1.20. The first-order valence-corrected chi connectivity index (χ1v) is 15.2. The number of anilines is 1. The van der Waals surface area contributed by atoms with Crippen molar-refractivity contribution in [2.75, 3.05) is 11.4 Å². The summed E-state index contributed by atoms with van der Waals surface area (Å²) in [5, 5.41) is 14.8. The van der Waals surface area contributed by atoms with E-state index in [1.165, 1.54) is 5.01 Å². The first kappa shape index (κ1) is 30.5. The number of imide groups is 1. The Bertz CT molecular complexity index is 1880. The lowest BCUT2D eigenvalue weighted by molar-refractivity contribution is -0.136. The van der Waals surface area contributed by atoms with Gasteiger partial charge in [-0.05, 0) is 55.9 Å². The number of rotatable bonds is 5. The largest absolute Gasteiger partial charge is 0.271 e. The number of halogens is 4. The van der Waals surface area contributed by atoms with Crippen LogP contribution in [0.2, 0.25) is 0 Å². The number of carbonyl (C=O) groups excluding carboxylic acids is 3. The summed E-state index contributed by atoms with van der Waals surface area (Å²) in [5.41, 5.74) is 4.37. The van der Waals surface area contributed by atoms with Crippen LogP contribution in [0.4, 0.5) is 23.2 Å². The van der Waals surface area contributed by atoms with Crippen LogP contribution in [-0.2, 0) is 14.4 Å². The number of nitrogens with zero attached hydrogens (tertiary/aromatic N) is 6. The van der Waals surface area contributed by atoms with E-state index in [1.54, 1.807) is 0 Å². The molecule has 0 N–H and O–H groups in total. The van der Waals surface area contributed by atoms with Crippen molar-refractivity contribution in [3.8, 4) is 0 Å². The number of hydrogen-bond donors (Lipinski definition) is 0. The van der Waals surface area contributed by atoms with Gasteiger partial charge in [0, 0.05) is 12.0 Å². The van der Waals surface area contributed by atoms with Gasteiger partial charge in [0.05, 0.1) is 11.8 Å². The molecule has 3 aromatic rings. The molecule has 0 spiro atoms. The molecule has 1 saturated heterocycles. The lowest BCUT2D eigenvalue weighted by Gasteiger charge is -2.30. The second-order valence-corrected chi connectivity index (χ2v) is 12.2. The van der Waals surface area contributed by atoms with Gasteiger partial charge >= 0.3 is 0 Å².